The normalized spacial score (nSPS) is 15.2. The molecule has 3 aromatic rings. The highest BCUT2D eigenvalue weighted by molar-refractivity contribution is 7.99. The fourth-order valence-electron chi connectivity index (χ4n) is 3.51. The smallest absolute Gasteiger partial charge is 0.408 e. The Morgan fingerprint density at radius 2 is 2.00 bits per heavy atom. The number of nitrogens with one attached hydrogen (secondary N) is 1. The third-order valence-corrected chi connectivity index (χ3v) is 6.13. The van der Waals surface area contributed by atoms with E-state index in [9.17, 15) is 19.5 Å². The van der Waals surface area contributed by atoms with Crippen LogP contribution in [-0.4, -0.2) is 47.9 Å². The molecular weight excluding hydrogens is 446 g/mol. The summed E-state index contributed by atoms with van der Waals surface area (Å²) >= 11 is 1.24. The van der Waals surface area contributed by atoms with Crippen LogP contribution in [-0.2, 0) is 11.3 Å². The molecular formula is C22H23N5O5S. The SMILES string of the molecule is CC(C)(C)OC(=O)N[C@H]1CSc2c(C(=O)O)cn(Cc3ccc(-n4cncn4)cc3)c(=O)c21. The van der Waals surface area contributed by atoms with Crippen LogP contribution in [0.4, 0.5) is 4.79 Å². The predicted molar refractivity (Wildman–Crippen MR) is 121 cm³/mol. The van der Waals surface area contributed by atoms with Crippen molar-refractivity contribution in [2.24, 2.45) is 0 Å². The summed E-state index contributed by atoms with van der Waals surface area (Å²) in [7, 11) is 0. The molecule has 1 atom stereocenters. The molecule has 10 nitrogen and oxygen atoms in total. The number of pyridine rings is 1. The van der Waals surface area contributed by atoms with E-state index in [0.29, 0.717) is 10.6 Å². The van der Waals surface area contributed by atoms with E-state index in [1.54, 1.807) is 31.8 Å². The number of hydrogen-bond acceptors (Lipinski definition) is 7. The number of carboxylic acid groups (broad SMARTS) is 1. The minimum atomic E-state index is -1.13. The molecule has 0 aliphatic carbocycles. The Balaban J connectivity index is 1.65. The van der Waals surface area contributed by atoms with Gasteiger partial charge in [-0.3, -0.25) is 4.79 Å². The Kier molecular flexibility index (Phi) is 5.98. The van der Waals surface area contributed by atoms with Crippen LogP contribution >= 0.6 is 11.8 Å². The average molecular weight is 470 g/mol. The number of carbonyl (C=O) groups excluding carboxylic acids is 1. The van der Waals surface area contributed by atoms with E-state index in [1.807, 2.05) is 24.3 Å². The van der Waals surface area contributed by atoms with E-state index < -0.39 is 23.7 Å². The van der Waals surface area contributed by atoms with Gasteiger partial charge in [-0.25, -0.2) is 19.3 Å². The number of rotatable bonds is 5. The van der Waals surface area contributed by atoms with Gasteiger partial charge in [0.15, 0.2) is 0 Å². The van der Waals surface area contributed by atoms with Gasteiger partial charge in [0.1, 0.15) is 18.3 Å². The van der Waals surface area contributed by atoms with Crippen LogP contribution in [0.2, 0.25) is 0 Å². The number of benzene rings is 1. The molecule has 11 heteroatoms. The van der Waals surface area contributed by atoms with Crippen molar-refractivity contribution < 1.29 is 19.4 Å². The molecule has 0 fully saturated rings. The van der Waals surface area contributed by atoms with E-state index in [2.05, 4.69) is 15.4 Å². The van der Waals surface area contributed by atoms with Crippen LogP contribution in [0, 0.1) is 0 Å². The van der Waals surface area contributed by atoms with Gasteiger partial charge in [0, 0.05) is 16.8 Å². The van der Waals surface area contributed by atoms with Crippen LogP contribution in [0.1, 0.15) is 48.3 Å². The Morgan fingerprint density at radius 3 is 2.61 bits per heavy atom. The number of fused-ring (bicyclic) bond motifs is 1. The Labute approximate surface area is 193 Å². The molecule has 4 rings (SSSR count). The molecule has 172 valence electrons. The van der Waals surface area contributed by atoms with Crippen molar-refractivity contribution in [3.05, 3.63) is 70.2 Å². The van der Waals surface area contributed by atoms with Gasteiger partial charge in [-0.05, 0) is 38.5 Å². The highest BCUT2D eigenvalue weighted by Crippen LogP contribution is 2.38. The van der Waals surface area contributed by atoms with Crippen LogP contribution in [0.5, 0.6) is 0 Å². The maximum atomic E-state index is 13.3. The number of amides is 1. The number of aromatic nitrogens is 4. The summed E-state index contributed by atoms with van der Waals surface area (Å²) in [6.45, 7) is 5.41. The standard InChI is InChI=1S/C22H23N5O5S/c1-22(2,3)32-21(31)25-16-10-33-18-15(20(29)30)9-26(19(28)17(16)18)8-13-4-6-14(7-5-13)27-12-23-11-24-27/h4-7,9,11-12,16H,8,10H2,1-3H3,(H,25,31)(H,29,30)/t16-/m0/s1. The van der Waals surface area contributed by atoms with Crippen molar-refractivity contribution in [3.63, 3.8) is 0 Å². The van der Waals surface area contributed by atoms with Crippen LogP contribution < -0.4 is 10.9 Å². The minimum absolute atomic E-state index is 0.0299. The highest BCUT2D eigenvalue weighted by Gasteiger charge is 2.34. The van der Waals surface area contributed by atoms with Crippen molar-refractivity contribution in [1.29, 1.82) is 0 Å². The van der Waals surface area contributed by atoms with Gasteiger partial charge in [-0.1, -0.05) is 12.1 Å². The monoisotopic (exact) mass is 469 g/mol. The van der Waals surface area contributed by atoms with E-state index in [1.165, 1.54) is 28.9 Å². The number of alkyl carbamates (subject to hydrolysis) is 1. The average Bonchev–Trinajstić information content (AvgIpc) is 3.40. The fraction of sp³-hybridized carbons (Fsp3) is 0.318. The Bertz CT molecular complexity index is 1250. The summed E-state index contributed by atoms with van der Waals surface area (Å²) in [5, 5.41) is 16.5. The number of carboxylic acids is 1. The number of thioether (sulfide) groups is 1. The summed E-state index contributed by atoms with van der Waals surface area (Å²) in [4.78, 5) is 41.8. The van der Waals surface area contributed by atoms with E-state index in [0.717, 1.165) is 11.3 Å². The summed E-state index contributed by atoms with van der Waals surface area (Å²) in [5.41, 5.74) is 0.871. The molecule has 3 heterocycles. The summed E-state index contributed by atoms with van der Waals surface area (Å²) < 4.78 is 8.28. The van der Waals surface area contributed by atoms with Crippen LogP contribution in [0.3, 0.4) is 0 Å². The van der Waals surface area contributed by atoms with Crippen molar-refractivity contribution in [3.8, 4) is 5.69 Å². The van der Waals surface area contributed by atoms with E-state index in [4.69, 9.17) is 4.74 Å². The number of hydrogen-bond donors (Lipinski definition) is 2. The molecule has 1 aromatic carbocycles. The lowest BCUT2D eigenvalue weighted by molar-refractivity contribution is 0.0508. The first-order valence-electron chi connectivity index (χ1n) is 10.2. The van der Waals surface area contributed by atoms with Crippen molar-refractivity contribution >= 4 is 23.8 Å². The first kappa shape index (κ1) is 22.6. The molecule has 2 aromatic heterocycles. The van der Waals surface area contributed by atoms with Gasteiger partial charge in [0.2, 0.25) is 0 Å². The topological polar surface area (TPSA) is 128 Å². The minimum Gasteiger partial charge on any atom is -0.478 e. The molecule has 1 aliphatic heterocycles. The van der Waals surface area contributed by atoms with Gasteiger partial charge < -0.3 is 19.7 Å². The third-order valence-electron chi connectivity index (χ3n) is 4.90. The first-order valence-corrected chi connectivity index (χ1v) is 11.2. The van der Waals surface area contributed by atoms with Crippen molar-refractivity contribution in [1.82, 2.24) is 24.6 Å². The second-order valence-electron chi connectivity index (χ2n) is 8.54. The predicted octanol–water partition coefficient (Wildman–Crippen LogP) is 2.85. The number of aromatic carboxylic acids is 1. The molecule has 0 saturated carbocycles. The number of carbonyl (C=O) groups is 2. The number of ether oxygens (including phenoxy) is 1. The van der Waals surface area contributed by atoms with Gasteiger partial charge in [-0.2, -0.15) is 5.10 Å². The third kappa shape index (κ3) is 4.92. The van der Waals surface area contributed by atoms with Crippen molar-refractivity contribution in [2.75, 3.05) is 5.75 Å². The molecule has 0 saturated heterocycles. The maximum Gasteiger partial charge on any atom is 0.408 e. The Morgan fingerprint density at radius 1 is 1.27 bits per heavy atom. The van der Waals surface area contributed by atoms with E-state index >= 15 is 0 Å². The van der Waals surface area contributed by atoms with Crippen LogP contribution in [0.15, 0.2) is 52.8 Å². The lowest BCUT2D eigenvalue weighted by Gasteiger charge is -2.22. The zero-order chi connectivity index (χ0) is 23.8. The molecule has 0 radical (unpaired) electrons. The summed E-state index contributed by atoms with van der Waals surface area (Å²) in [6.07, 6.45) is 3.72. The molecule has 0 bridgehead atoms. The summed E-state index contributed by atoms with van der Waals surface area (Å²) in [6, 6.07) is 6.70. The Hall–Kier alpha value is -3.60. The first-order chi connectivity index (χ1) is 15.6. The lowest BCUT2D eigenvalue weighted by Crippen LogP contribution is -2.38. The summed E-state index contributed by atoms with van der Waals surface area (Å²) in [5.74, 6) is -0.785. The van der Waals surface area contributed by atoms with Gasteiger partial charge >= 0.3 is 12.1 Å². The molecule has 33 heavy (non-hydrogen) atoms. The van der Waals surface area contributed by atoms with E-state index in [-0.39, 0.29) is 23.2 Å². The largest absolute Gasteiger partial charge is 0.478 e. The lowest BCUT2D eigenvalue weighted by atomic mass is 10.1. The van der Waals surface area contributed by atoms with Gasteiger partial charge in [0.05, 0.1) is 29.4 Å². The van der Waals surface area contributed by atoms with Gasteiger partial charge in [0.25, 0.3) is 5.56 Å². The number of nitrogens with zero attached hydrogens (tertiary/aromatic N) is 4. The quantitative estimate of drug-likeness (QED) is 0.584. The second kappa shape index (κ2) is 8.74. The fourth-order valence-corrected chi connectivity index (χ4v) is 4.77. The molecule has 1 aliphatic rings. The zero-order valence-electron chi connectivity index (χ0n) is 18.3. The highest BCUT2D eigenvalue weighted by atomic mass is 32.2. The molecule has 0 unspecified atom stereocenters. The molecule has 2 N–H and O–H groups in total. The second-order valence-corrected chi connectivity index (χ2v) is 9.57. The molecule has 0 spiro atoms. The van der Waals surface area contributed by atoms with Crippen LogP contribution in [0.25, 0.3) is 5.69 Å². The zero-order valence-corrected chi connectivity index (χ0v) is 19.1. The van der Waals surface area contributed by atoms with Gasteiger partial charge in [-0.15, -0.1) is 11.8 Å². The van der Waals surface area contributed by atoms with Crippen molar-refractivity contribution in [2.45, 2.75) is 43.9 Å². The molecule has 1 amide bonds. The maximum absolute atomic E-state index is 13.3.